The Labute approximate surface area is 323 Å². The normalized spacial score (nSPS) is 11.6. The smallest absolute Gasteiger partial charge is 0.160 e. The van der Waals surface area contributed by atoms with Gasteiger partial charge in [-0.05, 0) is 96.0 Å². The van der Waals surface area contributed by atoms with Gasteiger partial charge in [-0.1, -0.05) is 146 Å². The minimum Gasteiger partial charge on any atom is -0.264 e. The number of rotatable bonds is 6. The minimum atomic E-state index is 0.661. The fourth-order valence-electron chi connectivity index (χ4n) is 8.20. The lowest BCUT2D eigenvalue weighted by Crippen LogP contribution is -1.97. The van der Waals surface area contributed by atoms with Crippen LogP contribution in [0.1, 0.15) is 0 Å². The third-order valence-electron chi connectivity index (χ3n) is 11.0. The van der Waals surface area contributed by atoms with Crippen LogP contribution >= 0.6 is 0 Å². The summed E-state index contributed by atoms with van der Waals surface area (Å²) in [5.74, 6) is 0.661. The molecule has 11 aromatic rings. The molecule has 0 amide bonds. The van der Waals surface area contributed by atoms with Crippen molar-refractivity contribution in [1.82, 2.24) is 19.9 Å². The van der Waals surface area contributed by atoms with Gasteiger partial charge in [0.2, 0.25) is 0 Å². The summed E-state index contributed by atoms with van der Waals surface area (Å²) in [4.78, 5) is 19.5. The number of benzene rings is 8. The van der Waals surface area contributed by atoms with Crippen molar-refractivity contribution < 1.29 is 0 Å². The number of hydrogen-bond donors (Lipinski definition) is 0. The minimum absolute atomic E-state index is 0.661. The molecule has 0 radical (unpaired) electrons. The summed E-state index contributed by atoms with van der Waals surface area (Å²) in [5, 5.41) is 8.65. The SMILES string of the molecule is c1ccc(-c2ccc3ccc4c(-c5cccc(-c6nc(-c7ccc(-c8cccnc8)cc7)cc(-c7cnc8ccccc8c7)n6)c5)ccc5ccc2c3c54)cc1. The van der Waals surface area contributed by atoms with Gasteiger partial charge in [-0.15, -0.1) is 0 Å². The Kier molecular flexibility index (Phi) is 7.46. The fraction of sp³-hybridized carbons (Fsp3) is 0. The average Bonchev–Trinajstić information content (AvgIpc) is 3.28. The molecule has 0 bridgehead atoms. The average molecular weight is 713 g/mol. The van der Waals surface area contributed by atoms with Gasteiger partial charge in [-0.3, -0.25) is 9.97 Å². The van der Waals surface area contributed by atoms with Crippen molar-refractivity contribution in [3.05, 3.63) is 195 Å². The van der Waals surface area contributed by atoms with Crippen LogP contribution < -0.4 is 0 Å². The predicted molar refractivity (Wildman–Crippen MR) is 231 cm³/mol. The molecule has 0 saturated heterocycles. The van der Waals surface area contributed by atoms with E-state index in [4.69, 9.17) is 15.0 Å². The summed E-state index contributed by atoms with van der Waals surface area (Å²) in [7, 11) is 0. The molecule has 0 spiro atoms. The molecule has 11 rings (SSSR count). The first-order valence-corrected chi connectivity index (χ1v) is 18.9. The molecule has 3 heterocycles. The van der Waals surface area contributed by atoms with Gasteiger partial charge in [-0.2, -0.15) is 0 Å². The number of para-hydroxylation sites is 1. The van der Waals surface area contributed by atoms with Crippen molar-refractivity contribution in [3.8, 4) is 67.3 Å². The topological polar surface area (TPSA) is 51.6 Å². The summed E-state index contributed by atoms with van der Waals surface area (Å²) >= 11 is 0. The molecule has 0 N–H and O–H groups in total. The van der Waals surface area contributed by atoms with E-state index in [0.717, 1.165) is 55.7 Å². The second kappa shape index (κ2) is 13.1. The van der Waals surface area contributed by atoms with Gasteiger partial charge in [0.05, 0.1) is 16.9 Å². The summed E-state index contributed by atoms with van der Waals surface area (Å²) in [6.07, 6.45) is 5.59. The van der Waals surface area contributed by atoms with Gasteiger partial charge in [0.25, 0.3) is 0 Å². The number of hydrogen-bond acceptors (Lipinski definition) is 4. The van der Waals surface area contributed by atoms with Crippen molar-refractivity contribution in [2.45, 2.75) is 0 Å². The molecule has 8 aromatic carbocycles. The van der Waals surface area contributed by atoms with Gasteiger partial charge in [0.1, 0.15) is 0 Å². The quantitative estimate of drug-likeness (QED) is 0.161. The second-order valence-electron chi connectivity index (χ2n) is 14.3. The van der Waals surface area contributed by atoms with E-state index in [2.05, 4.69) is 157 Å². The lowest BCUT2D eigenvalue weighted by molar-refractivity contribution is 1.18. The highest BCUT2D eigenvalue weighted by atomic mass is 14.9. The van der Waals surface area contributed by atoms with E-state index in [9.17, 15) is 0 Å². The molecule has 0 fully saturated rings. The van der Waals surface area contributed by atoms with Crippen LogP contribution in [0.4, 0.5) is 0 Å². The number of fused-ring (bicyclic) bond motifs is 1. The summed E-state index contributed by atoms with van der Waals surface area (Å²) in [5.41, 5.74) is 12.5. The zero-order valence-electron chi connectivity index (χ0n) is 30.3. The molecule has 260 valence electrons. The molecule has 0 aliphatic rings. The Morgan fingerprint density at radius 1 is 0.339 bits per heavy atom. The van der Waals surface area contributed by atoms with Crippen LogP contribution in [0.2, 0.25) is 0 Å². The first kappa shape index (κ1) is 31.9. The molecule has 56 heavy (non-hydrogen) atoms. The van der Waals surface area contributed by atoms with Crippen molar-refractivity contribution in [2.24, 2.45) is 0 Å². The van der Waals surface area contributed by atoms with Crippen LogP contribution in [-0.2, 0) is 0 Å². The molecular weight excluding hydrogens is 681 g/mol. The van der Waals surface area contributed by atoms with Gasteiger partial charge in [0, 0.05) is 40.7 Å². The standard InChI is InChI=1S/C52H32N4/c1-2-8-34(9-3-1)43-23-19-36-22-26-46-44(24-20-37-21-25-45(43)50(36)51(37)46)38-11-6-12-40(28-38)52-55-48(35-17-15-33(16-18-35)41-13-7-27-53-31-41)30-49(56-52)42-29-39-10-4-5-14-47(39)54-32-42/h1-32H. The van der Waals surface area contributed by atoms with E-state index in [1.54, 1.807) is 6.20 Å². The molecule has 3 aromatic heterocycles. The number of pyridine rings is 2. The van der Waals surface area contributed by atoms with Crippen molar-refractivity contribution in [2.75, 3.05) is 0 Å². The van der Waals surface area contributed by atoms with Crippen LogP contribution in [0, 0.1) is 0 Å². The number of nitrogens with zero attached hydrogens (tertiary/aromatic N) is 4. The maximum Gasteiger partial charge on any atom is 0.160 e. The van der Waals surface area contributed by atoms with Gasteiger partial charge < -0.3 is 0 Å². The summed E-state index contributed by atoms with van der Waals surface area (Å²) in [6, 6.07) is 62.4. The maximum absolute atomic E-state index is 5.22. The van der Waals surface area contributed by atoms with Crippen LogP contribution in [0.25, 0.3) is 111 Å². The largest absolute Gasteiger partial charge is 0.264 e. The Balaban J connectivity index is 1.06. The van der Waals surface area contributed by atoms with E-state index < -0.39 is 0 Å². The van der Waals surface area contributed by atoms with Crippen LogP contribution in [0.15, 0.2) is 195 Å². The van der Waals surface area contributed by atoms with Crippen molar-refractivity contribution >= 4 is 43.2 Å². The molecule has 0 aliphatic heterocycles. The fourth-order valence-corrected chi connectivity index (χ4v) is 8.20. The van der Waals surface area contributed by atoms with Gasteiger partial charge in [-0.25, -0.2) is 9.97 Å². The third kappa shape index (κ3) is 5.47. The summed E-state index contributed by atoms with van der Waals surface area (Å²) < 4.78 is 0. The first-order valence-electron chi connectivity index (χ1n) is 18.9. The van der Waals surface area contributed by atoms with Crippen molar-refractivity contribution in [1.29, 1.82) is 0 Å². The second-order valence-corrected chi connectivity index (χ2v) is 14.3. The first-order chi connectivity index (χ1) is 27.7. The lowest BCUT2D eigenvalue weighted by atomic mass is 9.87. The summed E-state index contributed by atoms with van der Waals surface area (Å²) in [6.45, 7) is 0. The van der Waals surface area contributed by atoms with E-state index in [1.807, 2.05) is 36.7 Å². The van der Waals surface area contributed by atoms with E-state index >= 15 is 0 Å². The molecule has 4 nitrogen and oxygen atoms in total. The third-order valence-corrected chi connectivity index (χ3v) is 11.0. The van der Waals surface area contributed by atoms with Gasteiger partial charge in [0.15, 0.2) is 5.82 Å². The highest BCUT2D eigenvalue weighted by molar-refractivity contribution is 6.27. The predicted octanol–water partition coefficient (Wildman–Crippen LogP) is 13.3. The Hall–Kier alpha value is -7.56. The van der Waals surface area contributed by atoms with E-state index in [1.165, 1.54) is 49.0 Å². The van der Waals surface area contributed by atoms with Crippen LogP contribution in [-0.4, -0.2) is 19.9 Å². The zero-order chi connectivity index (χ0) is 37.0. The molecule has 0 aliphatic carbocycles. The van der Waals surface area contributed by atoms with Crippen molar-refractivity contribution in [3.63, 3.8) is 0 Å². The Morgan fingerprint density at radius 2 is 0.964 bits per heavy atom. The number of aromatic nitrogens is 4. The maximum atomic E-state index is 5.22. The lowest BCUT2D eigenvalue weighted by Gasteiger charge is -2.17. The molecule has 0 atom stereocenters. The monoisotopic (exact) mass is 712 g/mol. The molecule has 0 unspecified atom stereocenters. The molecule has 4 heteroatoms. The highest BCUT2D eigenvalue weighted by Gasteiger charge is 2.17. The van der Waals surface area contributed by atoms with E-state index in [-0.39, 0.29) is 0 Å². The zero-order valence-corrected chi connectivity index (χ0v) is 30.3. The van der Waals surface area contributed by atoms with Crippen LogP contribution in [0.3, 0.4) is 0 Å². The highest BCUT2D eigenvalue weighted by Crippen LogP contribution is 2.43. The Bertz CT molecular complexity index is 3230. The molecule has 0 saturated carbocycles. The van der Waals surface area contributed by atoms with Crippen LogP contribution in [0.5, 0.6) is 0 Å². The Morgan fingerprint density at radius 3 is 1.71 bits per heavy atom. The molecular formula is C52H32N4. The van der Waals surface area contributed by atoms with Gasteiger partial charge >= 0.3 is 0 Å². The van der Waals surface area contributed by atoms with E-state index in [0.29, 0.717) is 5.82 Å².